The van der Waals surface area contributed by atoms with Gasteiger partial charge in [0, 0.05) is 6.07 Å². The van der Waals surface area contributed by atoms with Crippen LogP contribution in [0.1, 0.15) is 21.7 Å². The molecule has 0 saturated heterocycles. The van der Waals surface area contributed by atoms with Crippen LogP contribution in [0.25, 0.3) is 0 Å². The van der Waals surface area contributed by atoms with E-state index >= 15 is 0 Å². The van der Waals surface area contributed by atoms with Gasteiger partial charge in [-0.15, -0.1) is 0 Å². The molecule has 152 valence electrons. The Hall–Kier alpha value is -3.87. The van der Waals surface area contributed by atoms with Crippen molar-refractivity contribution in [2.24, 2.45) is 0 Å². The van der Waals surface area contributed by atoms with E-state index in [1.165, 1.54) is 7.11 Å². The summed E-state index contributed by atoms with van der Waals surface area (Å²) in [6.45, 7) is -0.503. The molecule has 1 aromatic heterocycles. The van der Waals surface area contributed by atoms with Gasteiger partial charge in [-0.05, 0) is 36.1 Å². The summed E-state index contributed by atoms with van der Waals surface area (Å²) >= 11 is 0. The van der Waals surface area contributed by atoms with E-state index in [4.69, 9.17) is 13.9 Å². The fourth-order valence-corrected chi connectivity index (χ4v) is 3.47. The molecular formula is C23H19NO6. The molecule has 0 N–H and O–H groups in total. The molecule has 1 amide bonds. The second-order valence-corrected chi connectivity index (χ2v) is 6.74. The van der Waals surface area contributed by atoms with Crippen molar-refractivity contribution in [2.45, 2.75) is 12.8 Å². The monoisotopic (exact) mass is 405 g/mol. The number of amides is 1. The van der Waals surface area contributed by atoms with Crippen LogP contribution in [0.3, 0.4) is 0 Å². The molecule has 0 unspecified atom stereocenters. The number of fused-ring (bicyclic) bond motifs is 2. The van der Waals surface area contributed by atoms with Crippen molar-refractivity contribution >= 4 is 23.3 Å². The molecule has 4 rings (SSSR count). The highest BCUT2D eigenvalue weighted by Crippen LogP contribution is 2.35. The molecule has 30 heavy (non-hydrogen) atoms. The number of rotatable bonds is 4. The lowest BCUT2D eigenvalue weighted by molar-refractivity contribution is -0.121. The topological polar surface area (TPSA) is 86.1 Å². The minimum atomic E-state index is -0.903. The quantitative estimate of drug-likeness (QED) is 0.620. The van der Waals surface area contributed by atoms with Gasteiger partial charge in [-0.2, -0.15) is 0 Å². The number of methoxy groups -OCH3 is 1. The Balaban J connectivity index is 1.58. The molecule has 0 radical (unpaired) electrons. The summed E-state index contributed by atoms with van der Waals surface area (Å²) in [6.07, 6.45) is 2.63. The summed E-state index contributed by atoms with van der Waals surface area (Å²) in [4.78, 5) is 38.8. The Bertz CT molecular complexity index is 1120. The van der Waals surface area contributed by atoms with Crippen LogP contribution in [0, 0.1) is 0 Å². The van der Waals surface area contributed by atoms with Gasteiger partial charge in [0.15, 0.2) is 6.61 Å². The first kappa shape index (κ1) is 19.4. The van der Waals surface area contributed by atoms with Crippen LogP contribution >= 0.6 is 0 Å². The van der Waals surface area contributed by atoms with Gasteiger partial charge in [-0.1, -0.05) is 36.4 Å². The molecular weight excluding hydrogens is 386 g/mol. The van der Waals surface area contributed by atoms with Gasteiger partial charge >= 0.3 is 5.97 Å². The number of aryl methyl sites for hydroxylation is 2. The lowest BCUT2D eigenvalue weighted by Crippen LogP contribution is -2.31. The van der Waals surface area contributed by atoms with Gasteiger partial charge in [0.05, 0.1) is 18.5 Å². The van der Waals surface area contributed by atoms with Gasteiger partial charge in [0.25, 0.3) is 5.91 Å². The Morgan fingerprint density at radius 2 is 1.60 bits per heavy atom. The molecule has 0 saturated carbocycles. The SMILES string of the molecule is COc1coc(C(=O)OCC(=O)N2c3ccccc3CCc3ccccc32)cc1=O. The lowest BCUT2D eigenvalue weighted by Gasteiger charge is -2.24. The molecule has 1 aliphatic heterocycles. The fraction of sp³-hybridized carbons (Fsp3) is 0.174. The number of nitrogens with zero attached hydrogens (tertiary/aromatic N) is 1. The van der Waals surface area contributed by atoms with Gasteiger partial charge in [-0.3, -0.25) is 14.5 Å². The van der Waals surface area contributed by atoms with Crippen LogP contribution in [-0.2, 0) is 22.4 Å². The number of carbonyl (C=O) groups excluding carboxylic acids is 2. The highest BCUT2D eigenvalue weighted by atomic mass is 16.5. The highest BCUT2D eigenvalue weighted by Gasteiger charge is 2.26. The molecule has 0 fully saturated rings. The summed E-state index contributed by atoms with van der Waals surface area (Å²) in [5.41, 5.74) is 3.08. The van der Waals surface area contributed by atoms with Crippen LogP contribution in [0.2, 0.25) is 0 Å². The Kier molecular flexibility index (Phi) is 5.34. The van der Waals surface area contributed by atoms with E-state index in [1.807, 2.05) is 48.5 Å². The van der Waals surface area contributed by atoms with E-state index in [0.29, 0.717) is 0 Å². The van der Waals surface area contributed by atoms with Gasteiger partial charge in [0.2, 0.25) is 16.9 Å². The van der Waals surface area contributed by atoms with Crippen molar-refractivity contribution < 1.29 is 23.5 Å². The smallest absolute Gasteiger partial charge is 0.374 e. The highest BCUT2D eigenvalue weighted by molar-refractivity contribution is 6.04. The fourth-order valence-electron chi connectivity index (χ4n) is 3.47. The maximum Gasteiger partial charge on any atom is 0.374 e. The standard InChI is InChI=1S/C23H19NO6/c1-28-21-13-29-20(12-19(21)25)23(27)30-14-22(26)24-17-8-4-2-6-15(17)10-11-16-7-3-5-9-18(16)24/h2-9,12-13H,10-11,14H2,1H3. The maximum absolute atomic E-state index is 13.1. The average Bonchev–Trinajstić information content (AvgIpc) is 2.94. The number of carbonyl (C=O) groups is 2. The number of esters is 1. The minimum Gasteiger partial charge on any atom is -0.490 e. The van der Waals surface area contributed by atoms with Gasteiger partial charge in [-0.25, -0.2) is 4.79 Å². The second-order valence-electron chi connectivity index (χ2n) is 6.74. The molecule has 3 aromatic rings. The molecule has 7 nitrogen and oxygen atoms in total. The lowest BCUT2D eigenvalue weighted by atomic mass is 10.0. The third-order valence-corrected chi connectivity index (χ3v) is 4.92. The average molecular weight is 405 g/mol. The van der Waals surface area contributed by atoms with Crippen molar-refractivity contribution in [1.29, 1.82) is 0 Å². The van der Waals surface area contributed by atoms with E-state index < -0.39 is 23.9 Å². The first-order valence-electron chi connectivity index (χ1n) is 9.41. The predicted molar refractivity (Wildman–Crippen MR) is 109 cm³/mol. The third kappa shape index (κ3) is 3.69. The second kappa shape index (κ2) is 8.24. The van der Waals surface area contributed by atoms with E-state index in [1.54, 1.807) is 4.90 Å². The van der Waals surface area contributed by atoms with Crippen molar-refractivity contribution in [3.05, 3.63) is 88.0 Å². The van der Waals surface area contributed by atoms with Crippen LogP contribution < -0.4 is 15.1 Å². The molecule has 0 atom stereocenters. The van der Waals surface area contributed by atoms with Crippen molar-refractivity contribution in [3.63, 3.8) is 0 Å². The van der Waals surface area contributed by atoms with E-state index in [9.17, 15) is 14.4 Å². The molecule has 0 spiro atoms. The zero-order valence-electron chi connectivity index (χ0n) is 16.3. The number of anilines is 2. The number of benzene rings is 2. The summed E-state index contributed by atoms with van der Waals surface area (Å²) in [5, 5.41) is 0. The van der Waals surface area contributed by atoms with Crippen LogP contribution in [0.5, 0.6) is 5.75 Å². The van der Waals surface area contributed by atoms with E-state index in [-0.39, 0.29) is 11.5 Å². The molecule has 0 bridgehead atoms. The van der Waals surface area contributed by atoms with Crippen LogP contribution in [-0.4, -0.2) is 25.6 Å². The predicted octanol–water partition coefficient (Wildman–Crippen LogP) is 3.27. The zero-order valence-corrected chi connectivity index (χ0v) is 16.3. The Labute approximate surface area is 172 Å². The minimum absolute atomic E-state index is 0.0274. The van der Waals surface area contributed by atoms with Crippen molar-refractivity contribution in [1.82, 2.24) is 0 Å². The first-order chi connectivity index (χ1) is 14.6. The molecule has 1 aliphatic rings. The number of para-hydroxylation sites is 2. The summed E-state index contributed by atoms with van der Waals surface area (Å²) in [7, 11) is 1.32. The van der Waals surface area contributed by atoms with Crippen molar-refractivity contribution in [2.75, 3.05) is 18.6 Å². The maximum atomic E-state index is 13.1. The largest absolute Gasteiger partial charge is 0.490 e. The first-order valence-corrected chi connectivity index (χ1v) is 9.41. The summed E-state index contributed by atoms with van der Waals surface area (Å²) in [5.74, 6) is -1.63. The van der Waals surface area contributed by atoms with Crippen LogP contribution in [0.15, 0.2) is 70.1 Å². The molecule has 0 aliphatic carbocycles. The molecule has 7 heteroatoms. The zero-order chi connectivity index (χ0) is 21.1. The van der Waals surface area contributed by atoms with Crippen molar-refractivity contribution in [3.8, 4) is 5.75 Å². The normalized spacial score (nSPS) is 12.4. The number of ether oxygens (including phenoxy) is 2. The summed E-state index contributed by atoms with van der Waals surface area (Å²) in [6, 6.07) is 16.3. The Morgan fingerprint density at radius 3 is 2.17 bits per heavy atom. The van der Waals surface area contributed by atoms with E-state index in [2.05, 4.69) is 0 Å². The number of hydrogen-bond donors (Lipinski definition) is 0. The van der Waals surface area contributed by atoms with Crippen LogP contribution in [0.4, 0.5) is 11.4 Å². The molecule has 2 heterocycles. The van der Waals surface area contributed by atoms with Gasteiger partial charge < -0.3 is 13.9 Å². The van der Waals surface area contributed by atoms with E-state index in [0.717, 1.165) is 47.7 Å². The summed E-state index contributed by atoms with van der Waals surface area (Å²) < 4.78 is 15.0. The number of hydrogen-bond acceptors (Lipinski definition) is 6. The molecule has 2 aromatic carbocycles. The van der Waals surface area contributed by atoms with Gasteiger partial charge in [0.1, 0.15) is 6.26 Å². The Morgan fingerprint density at radius 1 is 1.00 bits per heavy atom. The third-order valence-electron chi connectivity index (χ3n) is 4.92.